The molecule has 2 atom stereocenters. The number of carbonyl (C=O) groups excluding carboxylic acids is 1. The van der Waals surface area contributed by atoms with Crippen LogP contribution in [-0.4, -0.2) is 77.5 Å². The summed E-state index contributed by atoms with van der Waals surface area (Å²) in [5.74, 6) is 2.22. The molecule has 0 spiro atoms. The molecule has 1 aromatic rings. The van der Waals surface area contributed by atoms with Crippen molar-refractivity contribution in [3.63, 3.8) is 0 Å². The van der Waals surface area contributed by atoms with Crippen molar-refractivity contribution in [2.45, 2.75) is 26.3 Å². The number of amides is 1. The quantitative estimate of drug-likeness (QED) is 0.517. The van der Waals surface area contributed by atoms with E-state index in [9.17, 15) is 4.79 Å². The van der Waals surface area contributed by atoms with Gasteiger partial charge in [0.15, 0.2) is 11.5 Å². The SMILES string of the molecule is CNC[C@@H]1CNC[C@H]1CN(C(=O)c1ccc(OC)c(OCCCOC)c1)C(C)C. The zero-order chi connectivity index (χ0) is 21.2. The standard InChI is InChI=1S/C22H37N3O4/c1-16(2)25(15-19-14-24-13-18(19)12-23-3)22(26)17-7-8-20(28-5)21(11-17)29-10-6-9-27-4/h7-8,11,16,18-19,23-24H,6,9-10,12-15H2,1-5H3/t18-,19+/m1/s1. The molecule has 0 radical (unpaired) electrons. The summed E-state index contributed by atoms with van der Waals surface area (Å²) in [6.07, 6.45) is 0.775. The summed E-state index contributed by atoms with van der Waals surface area (Å²) in [7, 11) is 5.25. The minimum atomic E-state index is 0.0273. The van der Waals surface area contributed by atoms with Crippen LogP contribution in [0, 0.1) is 11.8 Å². The van der Waals surface area contributed by atoms with Crippen LogP contribution in [0.1, 0.15) is 30.6 Å². The molecule has 7 nitrogen and oxygen atoms in total. The van der Waals surface area contributed by atoms with Gasteiger partial charge < -0.3 is 29.7 Å². The Labute approximate surface area is 175 Å². The van der Waals surface area contributed by atoms with Crippen LogP contribution >= 0.6 is 0 Å². The highest BCUT2D eigenvalue weighted by Gasteiger charge is 2.31. The lowest BCUT2D eigenvalue weighted by molar-refractivity contribution is 0.0661. The van der Waals surface area contributed by atoms with Crippen molar-refractivity contribution in [2.75, 3.05) is 60.7 Å². The van der Waals surface area contributed by atoms with Crippen molar-refractivity contribution in [3.05, 3.63) is 23.8 Å². The third-order valence-electron chi connectivity index (χ3n) is 5.42. The monoisotopic (exact) mass is 407 g/mol. The van der Waals surface area contributed by atoms with Crippen molar-refractivity contribution in [1.82, 2.24) is 15.5 Å². The van der Waals surface area contributed by atoms with Gasteiger partial charge in [-0.15, -0.1) is 0 Å². The maximum atomic E-state index is 13.3. The Balaban J connectivity index is 2.13. The van der Waals surface area contributed by atoms with Crippen LogP contribution in [-0.2, 0) is 4.74 Å². The minimum absolute atomic E-state index is 0.0273. The molecule has 7 heteroatoms. The summed E-state index contributed by atoms with van der Waals surface area (Å²) in [6.45, 7) is 8.91. The first-order valence-electron chi connectivity index (χ1n) is 10.5. The molecule has 1 fully saturated rings. The van der Waals surface area contributed by atoms with Crippen LogP contribution in [0.25, 0.3) is 0 Å². The molecule has 2 N–H and O–H groups in total. The van der Waals surface area contributed by atoms with Gasteiger partial charge in [-0.2, -0.15) is 0 Å². The summed E-state index contributed by atoms with van der Waals surface area (Å²) in [5, 5.41) is 6.73. The van der Waals surface area contributed by atoms with Crippen molar-refractivity contribution < 1.29 is 19.0 Å². The Bertz CT molecular complexity index is 638. The number of nitrogens with zero attached hydrogens (tertiary/aromatic N) is 1. The maximum Gasteiger partial charge on any atom is 0.254 e. The molecule has 0 unspecified atom stereocenters. The molecule has 1 aliphatic rings. The number of carbonyl (C=O) groups is 1. The smallest absolute Gasteiger partial charge is 0.254 e. The van der Waals surface area contributed by atoms with Crippen molar-refractivity contribution in [1.29, 1.82) is 0 Å². The molecule has 164 valence electrons. The second kappa shape index (κ2) is 12.0. The topological polar surface area (TPSA) is 72.1 Å². The van der Waals surface area contributed by atoms with Gasteiger partial charge >= 0.3 is 0 Å². The normalized spacial score (nSPS) is 18.8. The van der Waals surface area contributed by atoms with Crippen molar-refractivity contribution >= 4 is 5.91 Å². The molecule has 1 saturated heterocycles. The van der Waals surface area contributed by atoms with E-state index in [0.717, 1.165) is 32.6 Å². The van der Waals surface area contributed by atoms with E-state index in [2.05, 4.69) is 24.5 Å². The predicted octanol–water partition coefficient (Wildman–Crippen LogP) is 2.02. The van der Waals surface area contributed by atoms with Crippen LogP contribution < -0.4 is 20.1 Å². The fourth-order valence-corrected chi connectivity index (χ4v) is 3.76. The minimum Gasteiger partial charge on any atom is -0.493 e. The average Bonchev–Trinajstić information content (AvgIpc) is 3.15. The van der Waals surface area contributed by atoms with Crippen LogP contribution in [0.4, 0.5) is 0 Å². The fourth-order valence-electron chi connectivity index (χ4n) is 3.76. The third-order valence-corrected chi connectivity index (χ3v) is 5.42. The van der Waals surface area contributed by atoms with Gasteiger partial charge in [0.25, 0.3) is 5.91 Å². The summed E-state index contributed by atoms with van der Waals surface area (Å²) in [4.78, 5) is 15.3. The molecule has 29 heavy (non-hydrogen) atoms. The molecule has 0 aliphatic carbocycles. The highest BCUT2D eigenvalue weighted by atomic mass is 16.5. The average molecular weight is 408 g/mol. The van der Waals surface area contributed by atoms with Gasteiger partial charge in [0.1, 0.15) is 0 Å². The molecule has 1 aliphatic heterocycles. The summed E-state index contributed by atoms with van der Waals surface area (Å²) in [5.41, 5.74) is 0.623. The number of hydrogen-bond acceptors (Lipinski definition) is 6. The number of rotatable bonds is 12. The van der Waals surface area contributed by atoms with E-state index in [1.807, 2.05) is 18.0 Å². The van der Waals surface area contributed by atoms with E-state index < -0.39 is 0 Å². The highest BCUT2D eigenvalue weighted by Crippen LogP contribution is 2.29. The van der Waals surface area contributed by atoms with Gasteiger partial charge in [-0.1, -0.05) is 0 Å². The van der Waals surface area contributed by atoms with E-state index in [1.165, 1.54) is 0 Å². The van der Waals surface area contributed by atoms with E-state index in [1.54, 1.807) is 26.4 Å². The highest BCUT2D eigenvalue weighted by molar-refractivity contribution is 5.95. The number of hydrogen-bond donors (Lipinski definition) is 2. The number of ether oxygens (including phenoxy) is 3. The molecule has 2 rings (SSSR count). The van der Waals surface area contributed by atoms with E-state index >= 15 is 0 Å². The van der Waals surface area contributed by atoms with Gasteiger partial charge in [-0.3, -0.25) is 4.79 Å². The van der Waals surface area contributed by atoms with Crippen LogP contribution in [0.2, 0.25) is 0 Å². The van der Waals surface area contributed by atoms with Gasteiger partial charge in [0.05, 0.1) is 13.7 Å². The van der Waals surface area contributed by atoms with Crippen LogP contribution in [0.15, 0.2) is 18.2 Å². The largest absolute Gasteiger partial charge is 0.493 e. The lowest BCUT2D eigenvalue weighted by Crippen LogP contribution is -2.43. The molecule has 0 saturated carbocycles. The second-order valence-electron chi connectivity index (χ2n) is 7.85. The second-order valence-corrected chi connectivity index (χ2v) is 7.85. The summed E-state index contributed by atoms with van der Waals surface area (Å²) in [6, 6.07) is 5.53. The zero-order valence-electron chi connectivity index (χ0n) is 18.5. The molecule has 0 aromatic heterocycles. The molecule has 0 bridgehead atoms. The van der Waals surface area contributed by atoms with E-state index in [0.29, 0.717) is 42.1 Å². The fraction of sp³-hybridized carbons (Fsp3) is 0.682. The lowest BCUT2D eigenvalue weighted by Gasteiger charge is -2.31. The first-order chi connectivity index (χ1) is 14.0. The maximum absolute atomic E-state index is 13.3. The first kappa shape index (κ1) is 23.4. The first-order valence-corrected chi connectivity index (χ1v) is 10.5. The number of benzene rings is 1. The molecular formula is C22H37N3O4. The molecule has 1 aromatic carbocycles. The van der Waals surface area contributed by atoms with E-state index in [4.69, 9.17) is 14.2 Å². The van der Waals surface area contributed by atoms with E-state index in [-0.39, 0.29) is 11.9 Å². The lowest BCUT2D eigenvalue weighted by atomic mass is 9.94. The Morgan fingerprint density at radius 2 is 1.97 bits per heavy atom. The van der Waals surface area contributed by atoms with Gasteiger partial charge in [0.2, 0.25) is 0 Å². The number of methoxy groups -OCH3 is 2. The molecule has 1 heterocycles. The van der Waals surface area contributed by atoms with Crippen molar-refractivity contribution in [2.24, 2.45) is 11.8 Å². The Hall–Kier alpha value is -1.83. The van der Waals surface area contributed by atoms with Gasteiger partial charge in [-0.25, -0.2) is 0 Å². The Morgan fingerprint density at radius 3 is 2.62 bits per heavy atom. The van der Waals surface area contributed by atoms with Crippen LogP contribution in [0.5, 0.6) is 11.5 Å². The Morgan fingerprint density at radius 1 is 1.21 bits per heavy atom. The zero-order valence-corrected chi connectivity index (χ0v) is 18.5. The third kappa shape index (κ3) is 6.59. The van der Waals surface area contributed by atoms with Gasteiger partial charge in [0, 0.05) is 44.8 Å². The predicted molar refractivity (Wildman–Crippen MR) is 115 cm³/mol. The Kier molecular flexibility index (Phi) is 9.70. The van der Waals surface area contributed by atoms with Crippen molar-refractivity contribution in [3.8, 4) is 11.5 Å². The molecule has 1 amide bonds. The van der Waals surface area contributed by atoms with Gasteiger partial charge in [-0.05, 0) is 64.0 Å². The van der Waals surface area contributed by atoms with Crippen LogP contribution in [0.3, 0.4) is 0 Å². The summed E-state index contributed by atoms with van der Waals surface area (Å²) < 4.78 is 16.3. The molecular weight excluding hydrogens is 370 g/mol. The number of nitrogens with one attached hydrogen (secondary N) is 2. The summed E-state index contributed by atoms with van der Waals surface area (Å²) >= 11 is 0.